The third-order valence-electron chi connectivity index (χ3n) is 4.33. The number of amides is 1. The minimum atomic E-state index is -0.0767. The Bertz CT molecular complexity index is 443. The van der Waals surface area contributed by atoms with Gasteiger partial charge in [-0.25, -0.2) is 0 Å². The van der Waals surface area contributed by atoms with Gasteiger partial charge in [0, 0.05) is 18.2 Å². The first-order valence-corrected chi connectivity index (χ1v) is 7.30. The molecule has 1 aliphatic heterocycles. The predicted molar refractivity (Wildman–Crippen MR) is 73.1 cm³/mol. The zero-order chi connectivity index (χ0) is 13.2. The lowest BCUT2D eigenvalue weighted by Gasteiger charge is -2.31. The molecule has 1 saturated carbocycles. The average Bonchev–Trinajstić information content (AvgIpc) is 3.19. The van der Waals surface area contributed by atoms with Crippen LogP contribution in [0.3, 0.4) is 0 Å². The summed E-state index contributed by atoms with van der Waals surface area (Å²) in [5, 5.41) is 3.00. The molecule has 4 nitrogen and oxygen atoms in total. The van der Waals surface area contributed by atoms with Crippen molar-refractivity contribution < 1.29 is 9.21 Å². The molecule has 1 amide bonds. The zero-order valence-corrected chi connectivity index (χ0v) is 11.5. The molecule has 2 heterocycles. The van der Waals surface area contributed by atoms with Crippen LogP contribution in [0.15, 0.2) is 16.7 Å². The van der Waals surface area contributed by atoms with E-state index in [9.17, 15) is 4.79 Å². The minimum Gasteiger partial charge on any atom is -0.459 e. The Morgan fingerprint density at radius 2 is 2.11 bits per heavy atom. The van der Waals surface area contributed by atoms with Crippen molar-refractivity contribution in [3.63, 3.8) is 0 Å². The van der Waals surface area contributed by atoms with Gasteiger partial charge in [0.1, 0.15) is 0 Å². The Kier molecular flexibility index (Phi) is 3.60. The van der Waals surface area contributed by atoms with Crippen molar-refractivity contribution in [2.75, 3.05) is 19.6 Å². The lowest BCUT2D eigenvalue weighted by molar-refractivity contribution is 0.0906. The Balaban J connectivity index is 1.43. The Morgan fingerprint density at radius 3 is 2.68 bits per heavy atom. The predicted octanol–water partition coefficient (Wildman–Crippen LogP) is 2.19. The van der Waals surface area contributed by atoms with Gasteiger partial charge in [0.25, 0.3) is 5.91 Å². The van der Waals surface area contributed by atoms with Crippen LogP contribution in [-0.4, -0.2) is 36.5 Å². The highest BCUT2D eigenvalue weighted by Crippen LogP contribution is 2.30. The quantitative estimate of drug-likeness (QED) is 0.904. The molecule has 0 bridgehead atoms. The highest BCUT2D eigenvalue weighted by Gasteiger charge is 2.31. The summed E-state index contributed by atoms with van der Waals surface area (Å²) in [6, 6.07) is 2.70. The molecule has 0 aromatic carbocycles. The van der Waals surface area contributed by atoms with Gasteiger partial charge in [0.05, 0.1) is 6.26 Å². The van der Waals surface area contributed by atoms with E-state index in [4.69, 9.17) is 4.42 Å². The molecule has 0 spiro atoms. The van der Waals surface area contributed by atoms with E-state index in [1.807, 2.05) is 13.0 Å². The summed E-state index contributed by atoms with van der Waals surface area (Å²) in [5.41, 5.74) is 0.904. The van der Waals surface area contributed by atoms with Crippen molar-refractivity contribution >= 4 is 5.91 Å². The van der Waals surface area contributed by atoms with Crippen molar-refractivity contribution in [1.82, 2.24) is 10.2 Å². The number of nitrogens with zero attached hydrogens (tertiary/aromatic N) is 1. The first-order chi connectivity index (χ1) is 9.24. The van der Waals surface area contributed by atoms with E-state index in [0.717, 1.165) is 18.2 Å². The zero-order valence-electron chi connectivity index (χ0n) is 11.5. The number of hydrogen-bond donors (Lipinski definition) is 1. The van der Waals surface area contributed by atoms with Crippen LogP contribution in [0.2, 0.25) is 0 Å². The van der Waals surface area contributed by atoms with E-state index in [1.165, 1.54) is 38.8 Å². The summed E-state index contributed by atoms with van der Waals surface area (Å²) in [7, 11) is 0. The summed E-state index contributed by atoms with van der Waals surface area (Å²) in [6.07, 6.45) is 6.75. The van der Waals surface area contributed by atoms with E-state index in [1.54, 1.807) is 6.26 Å². The summed E-state index contributed by atoms with van der Waals surface area (Å²) in [4.78, 5) is 14.5. The van der Waals surface area contributed by atoms with Gasteiger partial charge in [-0.15, -0.1) is 0 Å². The Labute approximate surface area is 114 Å². The number of likely N-dealkylation sites (tertiary alicyclic amines) is 1. The summed E-state index contributed by atoms with van der Waals surface area (Å²) < 4.78 is 5.20. The third-order valence-corrected chi connectivity index (χ3v) is 4.33. The van der Waals surface area contributed by atoms with E-state index >= 15 is 0 Å². The molecule has 3 rings (SSSR count). The van der Waals surface area contributed by atoms with Gasteiger partial charge in [-0.1, -0.05) is 0 Å². The minimum absolute atomic E-state index is 0.0767. The SMILES string of the molecule is Cc1ccoc1C(=O)NCC1CCN(C2CC2)CC1. The number of rotatable bonds is 4. The molecule has 104 valence electrons. The third kappa shape index (κ3) is 3.00. The summed E-state index contributed by atoms with van der Waals surface area (Å²) >= 11 is 0. The fraction of sp³-hybridized carbons (Fsp3) is 0.667. The number of piperidine rings is 1. The molecule has 19 heavy (non-hydrogen) atoms. The number of furan rings is 1. The van der Waals surface area contributed by atoms with E-state index in [-0.39, 0.29) is 5.91 Å². The molecular formula is C15H22N2O2. The van der Waals surface area contributed by atoms with Gasteiger partial charge in [0.15, 0.2) is 5.76 Å². The van der Waals surface area contributed by atoms with Crippen LogP contribution in [0.25, 0.3) is 0 Å². The Morgan fingerprint density at radius 1 is 1.37 bits per heavy atom. The van der Waals surface area contributed by atoms with Crippen molar-refractivity contribution in [2.45, 2.75) is 38.6 Å². The maximum absolute atomic E-state index is 11.9. The van der Waals surface area contributed by atoms with Gasteiger partial charge in [-0.3, -0.25) is 4.79 Å². The van der Waals surface area contributed by atoms with Gasteiger partial charge in [-0.05, 0) is 57.7 Å². The lowest BCUT2D eigenvalue weighted by atomic mass is 9.96. The fourth-order valence-corrected chi connectivity index (χ4v) is 2.88. The van der Waals surface area contributed by atoms with Crippen LogP contribution in [-0.2, 0) is 0 Å². The van der Waals surface area contributed by atoms with Crippen molar-refractivity contribution in [1.29, 1.82) is 0 Å². The number of hydrogen-bond acceptors (Lipinski definition) is 3. The van der Waals surface area contributed by atoms with Crippen LogP contribution in [0.5, 0.6) is 0 Å². The molecule has 1 N–H and O–H groups in total. The first-order valence-electron chi connectivity index (χ1n) is 7.30. The second-order valence-corrected chi connectivity index (χ2v) is 5.85. The van der Waals surface area contributed by atoms with E-state index in [0.29, 0.717) is 11.7 Å². The maximum Gasteiger partial charge on any atom is 0.287 e. The second kappa shape index (κ2) is 5.37. The smallest absolute Gasteiger partial charge is 0.287 e. The standard InChI is InChI=1S/C15H22N2O2/c1-11-6-9-19-14(11)15(18)16-10-12-4-7-17(8-5-12)13-2-3-13/h6,9,12-13H,2-5,7-8,10H2,1H3,(H,16,18). The number of carbonyl (C=O) groups excluding carboxylic acids is 1. The maximum atomic E-state index is 11.9. The van der Waals surface area contributed by atoms with Crippen LogP contribution in [0.4, 0.5) is 0 Å². The monoisotopic (exact) mass is 262 g/mol. The van der Waals surface area contributed by atoms with Gasteiger partial charge in [0.2, 0.25) is 0 Å². The lowest BCUT2D eigenvalue weighted by Crippen LogP contribution is -2.39. The van der Waals surface area contributed by atoms with Crippen LogP contribution in [0.1, 0.15) is 41.8 Å². The Hall–Kier alpha value is -1.29. The number of nitrogens with one attached hydrogen (secondary N) is 1. The second-order valence-electron chi connectivity index (χ2n) is 5.85. The number of aryl methyl sites for hydroxylation is 1. The topological polar surface area (TPSA) is 45.5 Å². The molecule has 2 fully saturated rings. The highest BCUT2D eigenvalue weighted by molar-refractivity contribution is 5.92. The van der Waals surface area contributed by atoms with Crippen molar-refractivity contribution in [2.24, 2.45) is 5.92 Å². The first kappa shape index (κ1) is 12.7. The largest absolute Gasteiger partial charge is 0.459 e. The molecule has 1 aliphatic carbocycles. The van der Waals surface area contributed by atoms with Gasteiger partial charge < -0.3 is 14.6 Å². The highest BCUT2D eigenvalue weighted by atomic mass is 16.3. The van der Waals surface area contributed by atoms with Crippen LogP contribution >= 0.6 is 0 Å². The number of carbonyl (C=O) groups is 1. The molecule has 1 aromatic rings. The van der Waals surface area contributed by atoms with Gasteiger partial charge >= 0.3 is 0 Å². The summed E-state index contributed by atoms with van der Waals surface area (Å²) in [6.45, 7) is 5.07. The molecule has 0 radical (unpaired) electrons. The van der Waals surface area contributed by atoms with Crippen molar-refractivity contribution in [3.05, 3.63) is 23.7 Å². The van der Waals surface area contributed by atoms with E-state index < -0.39 is 0 Å². The van der Waals surface area contributed by atoms with Crippen molar-refractivity contribution in [3.8, 4) is 0 Å². The normalized spacial score (nSPS) is 21.5. The summed E-state index contributed by atoms with van der Waals surface area (Å²) in [5.74, 6) is 0.997. The molecule has 1 saturated heterocycles. The fourth-order valence-electron chi connectivity index (χ4n) is 2.88. The average molecular weight is 262 g/mol. The van der Waals surface area contributed by atoms with Crippen LogP contribution < -0.4 is 5.32 Å². The molecular weight excluding hydrogens is 240 g/mol. The van der Waals surface area contributed by atoms with Gasteiger partial charge in [-0.2, -0.15) is 0 Å². The van der Waals surface area contributed by atoms with Crippen LogP contribution in [0, 0.1) is 12.8 Å². The molecule has 1 aromatic heterocycles. The molecule has 4 heteroatoms. The molecule has 0 atom stereocenters. The molecule has 0 unspecified atom stereocenters. The van der Waals surface area contributed by atoms with E-state index in [2.05, 4.69) is 10.2 Å². The molecule has 2 aliphatic rings.